The summed E-state index contributed by atoms with van der Waals surface area (Å²) < 4.78 is 5.56. The second-order valence-corrected chi connectivity index (χ2v) is 8.12. The molecule has 0 bridgehead atoms. The predicted octanol–water partition coefficient (Wildman–Crippen LogP) is 5.13. The minimum atomic E-state index is 0.714. The Hall–Kier alpha value is -3.51. The molecule has 3 heterocycles. The number of H-pyrrole nitrogens is 1. The molecule has 4 aromatic rings. The van der Waals surface area contributed by atoms with Crippen LogP contribution in [0, 0.1) is 0 Å². The van der Waals surface area contributed by atoms with Gasteiger partial charge in [-0.05, 0) is 42.0 Å². The molecule has 1 saturated heterocycles. The van der Waals surface area contributed by atoms with E-state index in [1.54, 1.807) is 7.11 Å². The molecule has 5 rings (SSSR count). The number of anilines is 2. The van der Waals surface area contributed by atoms with Gasteiger partial charge < -0.3 is 14.5 Å². The number of piperazine rings is 1. The molecule has 1 fully saturated rings. The average Bonchev–Trinajstić information content (AvgIpc) is 3.30. The fourth-order valence-corrected chi connectivity index (χ4v) is 4.35. The van der Waals surface area contributed by atoms with Gasteiger partial charge in [0.25, 0.3) is 0 Å². The van der Waals surface area contributed by atoms with Crippen LogP contribution in [-0.4, -0.2) is 48.5 Å². The maximum Gasteiger partial charge on any atom is 0.159 e. The van der Waals surface area contributed by atoms with Crippen LogP contribution in [0.3, 0.4) is 0 Å². The summed E-state index contributed by atoms with van der Waals surface area (Å²) in [6.07, 6.45) is 3.63. The molecule has 1 N–H and O–H groups in total. The van der Waals surface area contributed by atoms with Crippen LogP contribution in [0.4, 0.5) is 11.5 Å². The van der Waals surface area contributed by atoms with Crippen LogP contribution in [0.15, 0.2) is 73.1 Å². The molecule has 7 heteroatoms. The zero-order chi connectivity index (χ0) is 21.9. The first-order valence-electron chi connectivity index (χ1n) is 10.6. The Balaban J connectivity index is 1.46. The number of aromatic nitrogens is 3. The first-order chi connectivity index (χ1) is 15.7. The molecule has 0 radical (unpaired) electrons. The third kappa shape index (κ3) is 3.89. The Morgan fingerprint density at radius 2 is 1.53 bits per heavy atom. The smallest absolute Gasteiger partial charge is 0.159 e. The van der Waals surface area contributed by atoms with Crippen LogP contribution in [0.2, 0.25) is 5.02 Å². The van der Waals surface area contributed by atoms with Crippen molar-refractivity contribution in [1.29, 1.82) is 0 Å². The maximum atomic E-state index is 6.11. The summed E-state index contributed by atoms with van der Waals surface area (Å²) in [5, 5.41) is 8.74. The summed E-state index contributed by atoms with van der Waals surface area (Å²) in [5.74, 6) is 1.86. The van der Waals surface area contributed by atoms with Crippen molar-refractivity contribution in [3.05, 3.63) is 78.1 Å². The van der Waals surface area contributed by atoms with Gasteiger partial charge >= 0.3 is 0 Å². The Kier molecular flexibility index (Phi) is 5.69. The number of rotatable bonds is 5. The lowest BCUT2D eigenvalue weighted by Crippen LogP contribution is -2.47. The average molecular weight is 446 g/mol. The molecule has 0 saturated carbocycles. The molecule has 0 spiro atoms. The number of halogens is 1. The highest BCUT2D eigenvalue weighted by atomic mass is 35.5. The van der Waals surface area contributed by atoms with Gasteiger partial charge in [0, 0.05) is 49.2 Å². The van der Waals surface area contributed by atoms with E-state index in [1.165, 1.54) is 0 Å². The number of para-hydroxylation sites is 2. The van der Waals surface area contributed by atoms with Crippen LogP contribution in [0.1, 0.15) is 0 Å². The van der Waals surface area contributed by atoms with Crippen LogP contribution in [-0.2, 0) is 0 Å². The lowest BCUT2D eigenvalue weighted by molar-refractivity contribution is 0.413. The molecule has 0 amide bonds. The van der Waals surface area contributed by atoms with Crippen molar-refractivity contribution in [2.45, 2.75) is 0 Å². The molecule has 32 heavy (non-hydrogen) atoms. The molecular weight excluding hydrogens is 422 g/mol. The van der Waals surface area contributed by atoms with Gasteiger partial charge in [0.05, 0.1) is 24.1 Å². The summed E-state index contributed by atoms with van der Waals surface area (Å²) in [6, 6.07) is 20.1. The molecular formula is C25H24ClN5O. The molecule has 0 atom stereocenters. The van der Waals surface area contributed by atoms with Gasteiger partial charge in [-0.3, -0.25) is 10.1 Å². The third-order valence-corrected chi connectivity index (χ3v) is 6.11. The summed E-state index contributed by atoms with van der Waals surface area (Å²) in [4.78, 5) is 8.91. The van der Waals surface area contributed by atoms with E-state index in [4.69, 9.17) is 21.4 Å². The van der Waals surface area contributed by atoms with Gasteiger partial charge in [-0.25, -0.2) is 0 Å². The number of ether oxygens (including phenoxy) is 1. The Bertz CT molecular complexity index is 1180. The van der Waals surface area contributed by atoms with Crippen LogP contribution in [0.25, 0.3) is 22.4 Å². The zero-order valence-electron chi connectivity index (χ0n) is 17.8. The molecule has 0 unspecified atom stereocenters. The van der Waals surface area contributed by atoms with E-state index in [9.17, 15) is 0 Å². The Morgan fingerprint density at radius 1 is 0.844 bits per heavy atom. The van der Waals surface area contributed by atoms with E-state index < -0.39 is 0 Å². The Morgan fingerprint density at radius 3 is 2.25 bits per heavy atom. The van der Waals surface area contributed by atoms with Gasteiger partial charge in [0.1, 0.15) is 5.75 Å². The minimum absolute atomic E-state index is 0.714. The predicted molar refractivity (Wildman–Crippen MR) is 130 cm³/mol. The second kappa shape index (κ2) is 8.93. The summed E-state index contributed by atoms with van der Waals surface area (Å²) in [6.45, 7) is 3.50. The normalized spacial score (nSPS) is 13.9. The Labute approximate surface area is 192 Å². The lowest BCUT2D eigenvalue weighted by Gasteiger charge is -2.37. The van der Waals surface area contributed by atoms with Crippen LogP contribution >= 0.6 is 11.6 Å². The number of nitrogens with zero attached hydrogens (tertiary/aromatic N) is 4. The molecule has 2 aromatic carbocycles. The summed E-state index contributed by atoms with van der Waals surface area (Å²) in [5.41, 5.74) is 5.33. The number of nitrogens with one attached hydrogen (secondary N) is 1. The first kappa shape index (κ1) is 20.4. The van der Waals surface area contributed by atoms with Crippen molar-refractivity contribution >= 4 is 23.1 Å². The number of aromatic amines is 1. The molecule has 1 aliphatic rings. The molecule has 2 aromatic heterocycles. The van der Waals surface area contributed by atoms with Crippen molar-refractivity contribution in [2.24, 2.45) is 0 Å². The van der Waals surface area contributed by atoms with Crippen LogP contribution in [0.5, 0.6) is 5.75 Å². The summed E-state index contributed by atoms with van der Waals surface area (Å²) >= 11 is 6.11. The van der Waals surface area contributed by atoms with E-state index >= 15 is 0 Å². The number of hydrogen-bond donors (Lipinski definition) is 1. The number of hydrogen-bond acceptors (Lipinski definition) is 5. The fraction of sp³-hybridized carbons (Fsp3) is 0.200. The van der Waals surface area contributed by atoms with E-state index in [-0.39, 0.29) is 0 Å². The third-order valence-electron chi connectivity index (χ3n) is 5.85. The first-order valence-corrected chi connectivity index (χ1v) is 11.0. The standard InChI is InChI=1S/C25H24ClN5O/c1-32-22-5-3-2-4-21(22)30-14-16-31(17-15-30)25-23(18-10-12-27-13-11-18)24(28-29-25)19-6-8-20(26)9-7-19/h2-13H,14-17H2,1H3,(H,28,29). The highest BCUT2D eigenvalue weighted by molar-refractivity contribution is 6.30. The van der Waals surface area contributed by atoms with Crippen molar-refractivity contribution < 1.29 is 4.74 Å². The van der Waals surface area contributed by atoms with Crippen molar-refractivity contribution in [3.8, 4) is 28.1 Å². The van der Waals surface area contributed by atoms with Gasteiger partial charge in [0.2, 0.25) is 0 Å². The van der Waals surface area contributed by atoms with Crippen LogP contribution < -0.4 is 14.5 Å². The largest absolute Gasteiger partial charge is 0.495 e. The highest BCUT2D eigenvalue weighted by Crippen LogP contribution is 2.39. The minimum Gasteiger partial charge on any atom is -0.495 e. The van der Waals surface area contributed by atoms with Gasteiger partial charge in [-0.1, -0.05) is 35.9 Å². The molecule has 162 valence electrons. The van der Waals surface area contributed by atoms with Crippen molar-refractivity contribution in [2.75, 3.05) is 43.1 Å². The molecule has 1 aliphatic heterocycles. The quantitative estimate of drug-likeness (QED) is 0.461. The molecule has 6 nitrogen and oxygen atoms in total. The zero-order valence-corrected chi connectivity index (χ0v) is 18.6. The topological polar surface area (TPSA) is 57.3 Å². The second-order valence-electron chi connectivity index (χ2n) is 7.69. The number of benzene rings is 2. The van der Waals surface area contributed by atoms with E-state index in [2.05, 4.69) is 32.0 Å². The number of pyridine rings is 1. The fourth-order valence-electron chi connectivity index (χ4n) is 4.23. The van der Waals surface area contributed by atoms with Gasteiger partial charge in [-0.2, -0.15) is 5.10 Å². The SMILES string of the molecule is COc1ccccc1N1CCN(c2n[nH]c(-c3ccc(Cl)cc3)c2-c2ccncc2)CC1. The monoisotopic (exact) mass is 445 g/mol. The van der Waals surface area contributed by atoms with Gasteiger partial charge in [0.15, 0.2) is 5.82 Å². The van der Waals surface area contributed by atoms with Crippen molar-refractivity contribution in [1.82, 2.24) is 15.2 Å². The van der Waals surface area contributed by atoms with E-state index in [0.717, 1.165) is 65.8 Å². The highest BCUT2D eigenvalue weighted by Gasteiger charge is 2.26. The van der Waals surface area contributed by atoms with Crippen molar-refractivity contribution in [3.63, 3.8) is 0 Å². The maximum absolute atomic E-state index is 6.11. The molecule has 0 aliphatic carbocycles. The number of methoxy groups -OCH3 is 1. The van der Waals surface area contributed by atoms with Gasteiger partial charge in [-0.15, -0.1) is 0 Å². The lowest BCUT2D eigenvalue weighted by atomic mass is 10.0. The van der Waals surface area contributed by atoms with E-state index in [0.29, 0.717) is 5.02 Å². The summed E-state index contributed by atoms with van der Waals surface area (Å²) in [7, 11) is 1.72. The van der Waals surface area contributed by atoms with E-state index in [1.807, 2.05) is 60.9 Å².